The van der Waals surface area contributed by atoms with Gasteiger partial charge in [0.2, 0.25) is 0 Å². The molecular formula is C24H26N4O2. The van der Waals surface area contributed by atoms with Crippen molar-refractivity contribution in [1.29, 1.82) is 5.26 Å². The van der Waals surface area contributed by atoms with Crippen LogP contribution in [0.4, 0.5) is 4.79 Å². The summed E-state index contributed by atoms with van der Waals surface area (Å²) in [6.07, 6.45) is 3.92. The highest BCUT2D eigenvalue weighted by molar-refractivity contribution is 6.19. The van der Waals surface area contributed by atoms with Gasteiger partial charge in [0.1, 0.15) is 0 Å². The molecule has 0 saturated heterocycles. The molecule has 0 bridgehead atoms. The lowest BCUT2D eigenvalue weighted by Crippen LogP contribution is -2.28. The molecule has 1 aliphatic rings. The lowest BCUT2D eigenvalue weighted by Gasteiger charge is -2.27. The summed E-state index contributed by atoms with van der Waals surface area (Å²) in [5, 5.41) is 15.9. The van der Waals surface area contributed by atoms with Crippen molar-refractivity contribution in [3.8, 4) is 6.07 Å². The molecule has 1 amide bonds. The number of nitriles is 1. The molecule has 1 atom stereocenters. The van der Waals surface area contributed by atoms with E-state index in [1.54, 1.807) is 14.1 Å². The Labute approximate surface area is 176 Å². The van der Waals surface area contributed by atoms with Crippen LogP contribution in [0, 0.1) is 17.2 Å². The molecule has 0 spiro atoms. The monoisotopic (exact) mass is 402 g/mol. The molecule has 1 aromatic heterocycles. The summed E-state index contributed by atoms with van der Waals surface area (Å²) in [5.41, 5.74) is 4.71. The fourth-order valence-electron chi connectivity index (χ4n) is 4.31. The van der Waals surface area contributed by atoms with Gasteiger partial charge < -0.3 is 9.47 Å². The number of hydrogen-bond donors (Lipinski definition) is 0. The van der Waals surface area contributed by atoms with Gasteiger partial charge in [0.05, 0.1) is 22.9 Å². The van der Waals surface area contributed by atoms with Crippen molar-refractivity contribution in [3.05, 3.63) is 47.5 Å². The molecule has 1 aliphatic heterocycles. The summed E-state index contributed by atoms with van der Waals surface area (Å²) in [5.74, 6) is 0.163. The van der Waals surface area contributed by atoms with Gasteiger partial charge in [-0.1, -0.05) is 49.5 Å². The van der Waals surface area contributed by atoms with Crippen LogP contribution in [0.25, 0.3) is 21.8 Å². The van der Waals surface area contributed by atoms with Crippen LogP contribution in [0.15, 0.2) is 41.6 Å². The van der Waals surface area contributed by atoms with Crippen molar-refractivity contribution in [1.82, 2.24) is 9.47 Å². The van der Waals surface area contributed by atoms with Crippen molar-refractivity contribution in [2.24, 2.45) is 11.1 Å². The van der Waals surface area contributed by atoms with Gasteiger partial charge in [0.15, 0.2) is 0 Å². The van der Waals surface area contributed by atoms with Gasteiger partial charge in [-0.15, -0.1) is 0 Å². The SMILES string of the molecule is CCCCCC1Cn2c3ccc(C#N)cc3c3cccc(c32)/C1=N/OC(=O)N(C)C. The van der Waals surface area contributed by atoms with E-state index in [4.69, 9.17) is 4.84 Å². The zero-order valence-corrected chi connectivity index (χ0v) is 17.7. The zero-order valence-electron chi connectivity index (χ0n) is 17.7. The molecule has 154 valence electrons. The first-order chi connectivity index (χ1) is 14.5. The van der Waals surface area contributed by atoms with Gasteiger partial charge in [-0.05, 0) is 24.6 Å². The van der Waals surface area contributed by atoms with E-state index in [9.17, 15) is 10.1 Å². The Morgan fingerprint density at radius 1 is 1.27 bits per heavy atom. The molecule has 0 radical (unpaired) electrons. The molecule has 4 rings (SSSR count). The highest BCUT2D eigenvalue weighted by Crippen LogP contribution is 2.38. The summed E-state index contributed by atoms with van der Waals surface area (Å²) in [6.45, 7) is 2.98. The molecule has 0 saturated carbocycles. The number of rotatable bonds is 5. The van der Waals surface area contributed by atoms with Crippen LogP contribution in [0.2, 0.25) is 0 Å². The Morgan fingerprint density at radius 2 is 2.10 bits per heavy atom. The van der Waals surface area contributed by atoms with Crippen molar-refractivity contribution in [2.45, 2.75) is 39.2 Å². The van der Waals surface area contributed by atoms with E-state index >= 15 is 0 Å². The standard InChI is InChI=1S/C24H26N4O2/c1-4-5-6-8-17-15-28-21-12-11-16(14-25)13-20(21)18-9-7-10-19(23(18)28)22(17)26-30-24(29)27(2)3/h7,9-13,17H,4-6,8,15H2,1-3H3/b26-22+. The maximum absolute atomic E-state index is 12.0. The molecule has 0 N–H and O–H groups in total. The van der Waals surface area contributed by atoms with Gasteiger partial charge in [0.25, 0.3) is 0 Å². The number of carbonyl (C=O) groups is 1. The highest BCUT2D eigenvalue weighted by Gasteiger charge is 2.30. The number of oxime groups is 1. The Hall–Kier alpha value is -3.33. The first kappa shape index (κ1) is 20.0. The fourth-order valence-corrected chi connectivity index (χ4v) is 4.31. The van der Waals surface area contributed by atoms with Crippen molar-refractivity contribution >= 4 is 33.6 Å². The maximum Gasteiger partial charge on any atom is 0.435 e. The van der Waals surface area contributed by atoms with E-state index in [1.807, 2.05) is 24.3 Å². The van der Waals surface area contributed by atoms with E-state index in [1.165, 1.54) is 4.90 Å². The summed E-state index contributed by atoms with van der Waals surface area (Å²) < 4.78 is 2.34. The van der Waals surface area contributed by atoms with E-state index in [2.05, 4.69) is 34.8 Å². The van der Waals surface area contributed by atoms with E-state index in [0.29, 0.717) is 5.56 Å². The summed E-state index contributed by atoms with van der Waals surface area (Å²) in [7, 11) is 3.29. The third-order valence-electron chi connectivity index (χ3n) is 5.82. The topological polar surface area (TPSA) is 70.6 Å². The summed E-state index contributed by atoms with van der Waals surface area (Å²) in [6, 6.07) is 14.3. The lowest BCUT2D eigenvalue weighted by molar-refractivity contribution is 0.121. The largest absolute Gasteiger partial charge is 0.435 e. The molecule has 2 heterocycles. The number of carbonyl (C=O) groups excluding carboxylic acids is 1. The first-order valence-electron chi connectivity index (χ1n) is 10.5. The fraction of sp³-hybridized carbons (Fsp3) is 0.375. The third-order valence-corrected chi connectivity index (χ3v) is 5.82. The van der Waals surface area contributed by atoms with Crippen LogP contribution in [-0.4, -0.2) is 35.4 Å². The number of amides is 1. The Kier molecular flexibility index (Phi) is 5.45. The highest BCUT2D eigenvalue weighted by atomic mass is 16.7. The average molecular weight is 402 g/mol. The second-order valence-corrected chi connectivity index (χ2v) is 8.08. The van der Waals surface area contributed by atoms with E-state index in [-0.39, 0.29) is 5.92 Å². The lowest BCUT2D eigenvalue weighted by atomic mass is 9.88. The number of aromatic nitrogens is 1. The normalized spacial score (nSPS) is 16.7. The quantitative estimate of drug-likeness (QED) is 0.331. The minimum Gasteiger partial charge on any atom is -0.339 e. The van der Waals surface area contributed by atoms with E-state index < -0.39 is 6.09 Å². The van der Waals surface area contributed by atoms with Gasteiger partial charge >= 0.3 is 6.09 Å². The predicted octanol–water partition coefficient (Wildman–Crippen LogP) is 5.28. The number of unbranched alkanes of at least 4 members (excludes halogenated alkanes) is 2. The number of nitrogens with zero attached hydrogens (tertiary/aromatic N) is 4. The molecule has 30 heavy (non-hydrogen) atoms. The van der Waals surface area contributed by atoms with Gasteiger partial charge in [0, 0.05) is 48.4 Å². The number of para-hydroxylation sites is 1. The van der Waals surface area contributed by atoms with Crippen LogP contribution in [0.1, 0.15) is 43.7 Å². The van der Waals surface area contributed by atoms with Crippen molar-refractivity contribution in [3.63, 3.8) is 0 Å². The molecule has 1 unspecified atom stereocenters. The minimum atomic E-state index is -0.480. The van der Waals surface area contributed by atoms with Crippen molar-refractivity contribution < 1.29 is 9.63 Å². The predicted molar refractivity (Wildman–Crippen MR) is 118 cm³/mol. The molecule has 6 nitrogen and oxygen atoms in total. The Balaban J connectivity index is 1.88. The average Bonchev–Trinajstić information content (AvgIpc) is 3.07. The second-order valence-electron chi connectivity index (χ2n) is 8.08. The zero-order chi connectivity index (χ0) is 21.3. The third kappa shape index (κ3) is 3.41. The van der Waals surface area contributed by atoms with Gasteiger partial charge in [-0.25, -0.2) is 4.79 Å². The smallest absolute Gasteiger partial charge is 0.339 e. The summed E-state index contributed by atoms with van der Waals surface area (Å²) >= 11 is 0. The van der Waals surface area contributed by atoms with Gasteiger partial charge in [-0.2, -0.15) is 5.26 Å². The molecule has 0 fully saturated rings. The molecule has 2 aromatic carbocycles. The summed E-state index contributed by atoms with van der Waals surface area (Å²) in [4.78, 5) is 18.6. The molecule has 3 aromatic rings. The maximum atomic E-state index is 12.0. The Morgan fingerprint density at radius 3 is 2.83 bits per heavy atom. The molecule has 0 aliphatic carbocycles. The van der Waals surface area contributed by atoms with Crippen LogP contribution >= 0.6 is 0 Å². The molecule has 6 heteroatoms. The number of hydrogen-bond acceptors (Lipinski definition) is 4. The Bertz CT molecular complexity index is 1180. The van der Waals surface area contributed by atoms with Crippen LogP contribution in [0.3, 0.4) is 0 Å². The van der Waals surface area contributed by atoms with Crippen molar-refractivity contribution in [2.75, 3.05) is 14.1 Å². The minimum absolute atomic E-state index is 0.163. The van der Waals surface area contributed by atoms with Gasteiger partial charge in [-0.3, -0.25) is 4.84 Å². The van der Waals surface area contributed by atoms with Crippen LogP contribution in [0.5, 0.6) is 0 Å². The number of benzene rings is 2. The first-order valence-corrected chi connectivity index (χ1v) is 10.5. The van der Waals surface area contributed by atoms with Crippen LogP contribution in [-0.2, 0) is 11.4 Å². The molecular weight excluding hydrogens is 376 g/mol. The number of fused-ring (bicyclic) bond motifs is 3. The second kappa shape index (κ2) is 8.19. The van der Waals surface area contributed by atoms with E-state index in [0.717, 1.165) is 65.3 Å². The van der Waals surface area contributed by atoms with Crippen LogP contribution < -0.4 is 0 Å².